The van der Waals surface area contributed by atoms with Crippen molar-refractivity contribution in [2.75, 3.05) is 0 Å². The molecule has 0 atom stereocenters. The van der Waals surface area contributed by atoms with Crippen LogP contribution < -0.4 is 31.8 Å². The molecule has 0 aliphatic rings. The van der Waals surface area contributed by atoms with Crippen LogP contribution >= 0.6 is 15.8 Å². The predicted molar refractivity (Wildman–Crippen MR) is 194 cm³/mol. The molecule has 0 saturated carbocycles. The van der Waals surface area contributed by atoms with Gasteiger partial charge in [-0.25, -0.2) is 0 Å². The van der Waals surface area contributed by atoms with Gasteiger partial charge in [0.15, 0.2) is 0 Å². The van der Waals surface area contributed by atoms with Crippen LogP contribution in [0.1, 0.15) is 6.92 Å². The average Bonchev–Trinajstić information content (AvgIpc) is 3.13. The summed E-state index contributed by atoms with van der Waals surface area (Å²) in [4.78, 5) is 0. The maximum absolute atomic E-state index is 7.50. The first-order valence-corrected chi connectivity index (χ1v) is 17.0. The fourth-order valence-electron chi connectivity index (χ4n) is 4.36. The Kier molecular flexibility index (Phi) is 19.3. The predicted octanol–water partition coefficient (Wildman–Crippen LogP) is 8.10. The smallest absolute Gasteiger partial charge is 0 e. The van der Waals surface area contributed by atoms with Gasteiger partial charge in [0.25, 0.3) is 0 Å². The van der Waals surface area contributed by atoms with Gasteiger partial charge in [-0.05, 0) is 67.4 Å². The minimum atomic E-state index is -0.446. The zero-order valence-electron chi connectivity index (χ0n) is 25.3. The number of benzene rings is 6. The van der Waals surface area contributed by atoms with E-state index in [1.165, 1.54) is 31.8 Å². The second-order valence-corrected chi connectivity index (χ2v) is 13.7. The van der Waals surface area contributed by atoms with E-state index in [9.17, 15) is 0 Å². The van der Waals surface area contributed by atoms with E-state index >= 15 is 0 Å². The van der Waals surface area contributed by atoms with Crippen molar-refractivity contribution in [3.05, 3.63) is 208 Å². The Morgan fingerprint density at radius 3 is 0.644 bits per heavy atom. The van der Waals surface area contributed by atoms with E-state index in [0.29, 0.717) is 0 Å². The van der Waals surface area contributed by atoms with Crippen LogP contribution in [0, 0.1) is 26.4 Å². The molecule has 0 heterocycles. The fourth-order valence-corrected chi connectivity index (χ4v) is 8.97. The van der Waals surface area contributed by atoms with Crippen LogP contribution in [0.5, 0.6) is 0 Å². The van der Waals surface area contributed by atoms with Crippen LogP contribution in [0.15, 0.2) is 182 Å². The Bertz CT molecular complexity index is 1260. The van der Waals surface area contributed by atoms with Crippen LogP contribution in [0.25, 0.3) is 0 Å². The van der Waals surface area contributed by atoms with Crippen LogP contribution in [-0.2, 0) is 24.1 Å². The standard InChI is InChI=1S/2C18H15P.C4H7.CO.Rh/c2*1-4-10-16(11-5-1)19(17-12-6-2-7-13-17)18-14-8-3-9-15-18;1-3-4-2;1-2;/h2*1-15H;3-4H,1H2,2H3;;. The summed E-state index contributed by atoms with van der Waals surface area (Å²) in [5, 5.41) is 8.39. The normalized spacial score (nSPS) is 9.64. The second-order valence-electron chi connectivity index (χ2n) is 9.25. The van der Waals surface area contributed by atoms with Crippen LogP contribution in [-0.4, -0.2) is 0 Å². The number of unbranched alkanes of at least 4 members (excludes halogenated alkanes) is 1. The van der Waals surface area contributed by atoms with Crippen molar-refractivity contribution >= 4 is 47.7 Å². The van der Waals surface area contributed by atoms with Gasteiger partial charge in [-0.3, -0.25) is 0 Å². The van der Waals surface area contributed by atoms with E-state index in [4.69, 9.17) is 4.65 Å². The third-order valence-electron chi connectivity index (χ3n) is 6.32. The van der Waals surface area contributed by atoms with E-state index in [-0.39, 0.29) is 19.5 Å². The first-order valence-electron chi connectivity index (χ1n) is 14.3. The van der Waals surface area contributed by atoms with E-state index in [1.807, 2.05) is 13.3 Å². The largest absolute Gasteiger partial charge is 0.0622 e. The van der Waals surface area contributed by atoms with Gasteiger partial charge in [0.1, 0.15) is 0 Å². The fraction of sp³-hybridized carbons (Fsp3) is 0.0244. The molecule has 6 aromatic rings. The molecule has 0 saturated heterocycles. The van der Waals surface area contributed by atoms with Crippen molar-refractivity contribution in [1.82, 2.24) is 0 Å². The summed E-state index contributed by atoms with van der Waals surface area (Å²) in [6, 6.07) is 64.7. The molecule has 0 aromatic heterocycles. The Balaban J connectivity index is 0.000000262. The van der Waals surface area contributed by atoms with Gasteiger partial charge in [0.05, 0.1) is 0 Å². The van der Waals surface area contributed by atoms with Gasteiger partial charge >= 0.3 is 11.3 Å². The molecule has 45 heavy (non-hydrogen) atoms. The number of hydrogen-bond donors (Lipinski definition) is 0. The van der Waals surface area contributed by atoms with Gasteiger partial charge in [0, 0.05) is 19.5 Å². The number of rotatable bonds is 7. The SMILES string of the molecule is [C-]#[O+].[CH2][CH][CH]C.[Rh].c1ccc(P(c2ccccc2)c2ccccc2)cc1.c1ccc(P(c2ccccc2)c2ccccc2)cc1. The monoisotopic (exact) mass is 710 g/mol. The Labute approximate surface area is 285 Å². The first kappa shape index (κ1) is 37.7. The third-order valence-corrected chi connectivity index (χ3v) is 11.2. The molecule has 0 spiro atoms. The molecule has 0 fully saturated rings. The van der Waals surface area contributed by atoms with Crippen molar-refractivity contribution in [2.24, 2.45) is 0 Å². The van der Waals surface area contributed by atoms with Gasteiger partial charge in [-0.15, -0.1) is 0 Å². The van der Waals surface area contributed by atoms with Gasteiger partial charge in [-0.1, -0.05) is 189 Å². The summed E-state index contributed by atoms with van der Waals surface area (Å²) in [7, 11) is -0.892. The first-order chi connectivity index (χ1) is 21.8. The molecule has 0 aliphatic heterocycles. The molecule has 0 N–H and O–H groups in total. The molecule has 6 rings (SSSR count). The molecule has 0 bridgehead atoms. The molecule has 4 radical (unpaired) electrons. The van der Waals surface area contributed by atoms with Crippen molar-refractivity contribution in [2.45, 2.75) is 6.92 Å². The summed E-state index contributed by atoms with van der Waals surface area (Å²) in [6.07, 6.45) is 3.64. The second kappa shape index (κ2) is 23.0. The maximum Gasteiger partial charge on any atom is 0 e. The van der Waals surface area contributed by atoms with Crippen molar-refractivity contribution in [3.8, 4) is 0 Å². The van der Waals surface area contributed by atoms with Crippen LogP contribution in [0.2, 0.25) is 0 Å². The number of hydrogen-bond acceptors (Lipinski definition) is 0. The molecule has 0 amide bonds. The Morgan fingerprint density at radius 2 is 0.533 bits per heavy atom. The Hall–Kier alpha value is -3.46. The minimum Gasteiger partial charge on any atom is -0.0622 e. The van der Waals surface area contributed by atoms with Crippen LogP contribution in [0.4, 0.5) is 0 Å². The Morgan fingerprint density at radius 1 is 0.400 bits per heavy atom. The molecular formula is C41H37OP2Rh. The zero-order chi connectivity index (χ0) is 31.2. The molecule has 1 nitrogen and oxygen atoms in total. The van der Waals surface area contributed by atoms with Crippen LogP contribution in [0.3, 0.4) is 0 Å². The summed E-state index contributed by atoms with van der Waals surface area (Å²) in [6.45, 7) is 9.86. The van der Waals surface area contributed by atoms with Crippen molar-refractivity contribution in [3.63, 3.8) is 0 Å². The van der Waals surface area contributed by atoms with E-state index < -0.39 is 15.8 Å². The van der Waals surface area contributed by atoms with Gasteiger partial charge in [-0.2, -0.15) is 0 Å². The molecule has 4 heteroatoms. The summed E-state index contributed by atoms with van der Waals surface area (Å²) in [5.41, 5.74) is 0. The van der Waals surface area contributed by atoms with E-state index in [1.54, 1.807) is 6.42 Å². The quantitative estimate of drug-likeness (QED) is 0.0692. The third kappa shape index (κ3) is 12.5. The molecule has 0 unspecified atom stereocenters. The summed E-state index contributed by atoms with van der Waals surface area (Å²) in [5.74, 6) is 0. The topological polar surface area (TPSA) is 19.9 Å². The van der Waals surface area contributed by atoms with E-state index in [0.717, 1.165) is 0 Å². The van der Waals surface area contributed by atoms with E-state index in [2.05, 4.69) is 196 Å². The maximum atomic E-state index is 7.50. The average molecular weight is 711 g/mol. The molecule has 0 aliphatic carbocycles. The molecule has 226 valence electrons. The van der Waals surface area contributed by atoms with Gasteiger partial charge in [0.2, 0.25) is 0 Å². The molecule has 6 aromatic carbocycles. The summed E-state index contributed by atoms with van der Waals surface area (Å²) < 4.78 is 7.50. The van der Waals surface area contributed by atoms with Crippen molar-refractivity contribution < 1.29 is 24.1 Å². The minimum absolute atomic E-state index is 0. The molecular weight excluding hydrogens is 673 g/mol. The summed E-state index contributed by atoms with van der Waals surface area (Å²) >= 11 is 0. The van der Waals surface area contributed by atoms with Crippen molar-refractivity contribution in [1.29, 1.82) is 0 Å². The van der Waals surface area contributed by atoms with Gasteiger partial charge < -0.3 is 0 Å². The zero-order valence-corrected chi connectivity index (χ0v) is 28.7.